The van der Waals surface area contributed by atoms with Crippen LogP contribution in [0.4, 0.5) is 17.1 Å². The van der Waals surface area contributed by atoms with Crippen LogP contribution in [-0.4, -0.2) is 33.6 Å². The first kappa shape index (κ1) is 20.3. The van der Waals surface area contributed by atoms with Crippen LogP contribution in [-0.2, 0) is 0 Å². The molecule has 0 spiro atoms. The first-order valence-electron chi connectivity index (χ1n) is 7.11. The molecule has 11 nitrogen and oxygen atoms in total. The van der Waals surface area contributed by atoms with Gasteiger partial charge in [-0.3, -0.25) is 30.3 Å². The van der Waals surface area contributed by atoms with E-state index in [2.05, 4.69) is 0 Å². The second-order valence-electron chi connectivity index (χ2n) is 5.36. The number of nitriles is 2. The number of hydrogen-bond acceptors (Lipinski definition) is 8. The fraction of sp³-hybridized carbons (Fsp3) is 0. The van der Waals surface area contributed by atoms with Crippen LogP contribution in [0.1, 0.15) is 11.1 Å². The van der Waals surface area contributed by atoms with E-state index in [-0.39, 0.29) is 52.4 Å². The van der Waals surface area contributed by atoms with Gasteiger partial charge in [0.25, 0.3) is 17.1 Å². The minimum Gasteiger partial charge on any atom is -0.258 e. The van der Waals surface area contributed by atoms with E-state index in [1.165, 1.54) is 6.07 Å². The van der Waals surface area contributed by atoms with E-state index in [1.807, 2.05) is 0 Å². The number of fused-ring (bicyclic) bond motifs is 3. The van der Waals surface area contributed by atoms with Crippen molar-refractivity contribution in [2.75, 3.05) is 0 Å². The molecule has 0 amide bonds. The van der Waals surface area contributed by atoms with Gasteiger partial charge in [0.05, 0.1) is 26.4 Å². The fourth-order valence-corrected chi connectivity index (χ4v) is 2.96. The Morgan fingerprint density at radius 3 is 1.86 bits per heavy atom. The number of nitro benzene ring substituents is 3. The molecular weight excluding hydrogens is 365 g/mol. The van der Waals surface area contributed by atoms with Crippen molar-refractivity contribution in [2.24, 2.45) is 0 Å². The summed E-state index contributed by atoms with van der Waals surface area (Å²) in [5.74, 6) is 0. The van der Waals surface area contributed by atoms with Crippen LogP contribution in [0.5, 0.6) is 0 Å². The summed E-state index contributed by atoms with van der Waals surface area (Å²) in [6.07, 6.45) is 0. The molecule has 0 bridgehead atoms. The molecule has 3 rings (SSSR count). The zero-order valence-corrected chi connectivity index (χ0v) is 14.1. The Balaban J connectivity index is 0.00000280. The van der Waals surface area contributed by atoms with Crippen molar-refractivity contribution in [1.82, 2.24) is 0 Å². The molecule has 0 saturated heterocycles. The minimum absolute atomic E-state index is 0. The monoisotopic (exact) mass is 370 g/mol. The molecular formula is C16H5LiN5O6. The molecule has 0 atom stereocenters. The molecule has 0 unspecified atom stereocenters. The number of allylic oxidation sites excluding steroid dienone is 1. The summed E-state index contributed by atoms with van der Waals surface area (Å²) in [7, 11) is 0. The van der Waals surface area contributed by atoms with Crippen molar-refractivity contribution in [3.8, 4) is 23.3 Å². The predicted octanol–water partition coefficient (Wildman–Crippen LogP) is 2.86. The normalized spacial score (nSPS) is 10.6. The Hall–Kier alpha value is -4.04. The van der Waals surface area contributed by atoms with Crippen molar-refractivity contribution >= 4 is 41.5 Å². The van der Waals surface area contributed by atoms with Gasteiger partial charge in [0.15, 0.2) is 0 Å². The molecule has 0 heterocycles. The van der Waals surface area contributed by atoms with E-state index >= 15 is 0 Å². The molecule has 0 fully saturated rings. The number of non-ortho nitro benzene ring substituents is 2. The second kappa shape index (κ2) is 7.29. The molecule has 12 heteroatoms. The Kier molecular flexibility index (Phi) is 5.28. The van der Waals surface area contributed by atoms with E-state index in [0.29, 0.717) is 0 Å². The minimum atomic E-state index is -0.839. The smallest absolute Gasteiger partial charge is 0.258 e. The zero-order chi connectivity index (χ0) is 19.9. The first-order valence-corrected chi connectivity index (χ1v) is 7.11. The molecule has 1 radical (unpaired) electrons. The van der Waals surface area contributed by atoms with Crippen LogP contribution >= 0.6 is 0 Å². The van der Waals surface area contributed by atoms with Crippen molar-refractivity contribution in [3.05, 3.63) is 77.4 Å². The standard InChI is InChI=1S/C16H5N5O6.Li/c17-6-8(7-18)15-12-3-9(19(22)23)1-2-11(12)16-13(15)4-10(20(24)25)5-14(16)21(26)27;/h1-5H;. The predicted molar refractivity (Wildman–Crippen MR) is 94.8 cm³/mol. The van der Waals surface area contributed by atoms with Crippen molar-refractivity contribution in [1.29, 1.82) is 10.5 Å². The van der Waals surface area contributed by atoms with Crippen LogP contribution in [0.2, 0.25) is 0 Å². The van der Waals surface area contributed by atoms with E-state index < -0.39 is 31.7 Å². The topological polar surface area (TPSA) is 177 Å². The van der Waals surface area contributed by atoms with Gasteiger partial charge in [-0.2, -0.15) is 10.5 Å². The summed E-state index contributed by atoms with van der Waals surface area (Å²) >= 11 is 0. The quantitative estimate of drug-likeness (QED) is 0.292. The van der Waals surface area contributed by atoms with Crippen LogP contribution < -0.4 is 0 Å². The summed E-state index contributed by atoms with van der Waals surface area (Å²) in [4.78, 5) is 31.3. The summed E-state index contributed by atoms with van der Waals surface area (Å²) in [5, 5.41) is 52.2. The number of nitrogens with zero attached hydrogens (tertiary/aromatic N) is 5. The van der Waals surface area contributed by atoms with Crippen molar-refractivity contribution in [2.45, 2.75) is 0 Å². The molecule has 0 saturated carbocycles. The first-order chi connectivity index (χ1) is 12.8. The summed E-state index contributed by atoms with van der Waals surface area (Å²) in [5.41, 5.74) is -2.00. The molecule has 0 N–H and O–H groups in total. The molecule has 131 valence electrons. The molecule has 1 aliphatic carbocycles. The van der Waals surface area contributed by atoms with Gasteiger partial charge in [-0.05, 0) is 17.2 Å². The van der Waals surface area contributed by atoms with Crippen LogP contribution in [0, 0.1) is 53.0 Å². The fourth-order valence-electron chi connectivity index (χ4n) is 2.96. The van der Waals surface area contributed by atoms with Gasteiger partial charge in [-0.15, -0.1) is 0 Å². The maximum absolute atomic E-state index is 11.5. The number of hydrogen-bond donors (Lipinski definition) is 0. The van der Waals surface area contributed by atoms with Gasteiger partial charge in [0, 0.05) is 48.2 Å². The van der Waals surface area contributed by atoms with Crippen molar-refractivity contribution < 1.29 is 14.8 Å². The SMILES string of the molecule is N#CC(C#N)=C1c2cc([N+](=O)[O-])ccc2-c2c1cc([N+](=O)[O-])cc2[N+](=O)[O-].[Li]. The van der Waals surface area contributed by atoms with Gasteiger partial charge in [-0.25, -0.2) is 0 Å². The average molecular weight is 370 g/mol. The number of rotatable bonds is 3. The molecule has 2 aromatic rings. The van der Waals surface area contributed by atoms with E-state index in [1.54, 1.807) is 12.1 Å². The Morgan fingerprint density at radius 1 is 0.786 bits per heavy atom. The largest absolute Gasteiger partial charge is 0.284 e. The van der Waals surface area contributed by atoms with Crippen LogP contribution in [0.3, 0.4) is 0 Å². The zero-order valence-electron chi connectivity index (χ0n) is 14.1. The third-order valence-corrected chi connectivity index (χ3v) is 4.01. The van der Waals surface area contributed by atoms with Crippen LogP contribution in [0.25, 0.3) is 16.7 Å². The average Bonchev–Trinajstić information content (AvgIpc) is 2.95. The Bertz CT molecular complexity index is 1180. The summed E-state index contributed by atoms with van der Waals surface area (Å²) in [6.45, 7) is 0. The van der Waals surface area contributed by atoms with Gasteiger partial charge in [0.2, 0.25) is 0 Å². The van der Waals surface area contributed by atoms with Gasteiger partial charge >= 0.3 is 0 Å². The van der Waals surface area contributed by atoms with E-state index in [4.69, 9.17) is 0 Å². The van der Waals surface area contributed by atoms with Crippen LogP contribution in [0.15, 0.2) is 35.9 Å². The third kappa shape index (κ3) is 2.97. The molecule has 1 aliphatic rings. The number of benzene rings is 2. The van der Waals surface area contributed by atoms with Gasteiger partial charge in [0.1, 0.15) is 17.7 Å². The molecule has 0 aromatic heterocycles. The molecule has 0 aliphatic heterocycles. The maximum Gasteiger partial charge on any atom is 0.284 e. The Morgan fingerprint density at radius 2 is 1.36 bits per heavy atom. The second-order valence-corrected chi connectivity index (χ2v) is 5.36. The molecule has 2 aromatic carbocycles. The van der Waals surface area contributed by atoms with E-state index in [0.717, 1.165) is 24.3 Å². The van der Waals surface area contributed by atoms with Crippen molar-refractivity contribution in [3.63, 3.8) is 0 Å². The maximum atomic E-state index is 11.5. The third-order valence-electron chi connectivity index (χ3n) is 4.01. The van der Waals surface area contributed by atoms with Gasteiger partial charge in [-0.1, -0.05) is 0 Å². The number of nitro groups is 3. The summed E-state index contributed by atoms with van der Waals surface area (Å²) in [6, 6.07) is 8.50. The summed E-state index contributed by atoms with van der Waals surface area (Å²) < 4.78 is 0. The Labute approximate surface area is 167 Å². The van der Waals surface area contributed by atoms with E-state index in [9.17, 15) is 40.9 Å². The van der Waals surface area contributed by atoms with Gasteiger partial charge < -0.3 is 0 Å². The molecule has 28 heavy (non-hydrogen) atoms.